The average Bonchev–Trinajstić information content (AvgIpc) is 3.76. The van der Waals surface area contributed by atoms with Gasteiger partial charge in [0, 0.05) is 56.5 Å². The van der Waals surface area contributed by atoms with Crippen LogP contribution >= 0.6 is 11.9 Å². The number of carbonyl (C=O) groups is 2. The first-order chi connectivity index (χ1) is 20.2. The molecule has 42 heavy (non-hydrogen) atoms. The summed E-state index contributed by atoms with van der Waals surface area (Å²) in [5.41, 5.74) is 3.11. The lowest BCUT2D eigenvalue weighted by Gasteiger charge is -2.35. The highest BCUT2D eigenvalue weighted by Crippen LogP contribution is 2.54. The first kappa shape index (κ1) is 29.9. The number of ether oxygens (including phenoxy) is 2. The summed E-state index contributed by atoms with van der Waals surface area (Å²) < 4.78 is 41.3. The number of piperidine rings is 2. The van der Waals surface area contributed by atoms with E-state index >= 15 is 0 Å². The number of anilines is 4. The minimum atomic E-state index is -2.69. The summed E-state index contributed by atoms with van der Waals surface area (Å²) in [7, 11) is 1.50. The predicted octanol–water partition coefficient (Wildman–Crippen LogP) is 5.75. The van der Waals surface area contributed by atoms with Crippen molar-refractivity contribution in [3.8, 4) is 5.75 Å². The molecule has 1 aromatic carbocycles. The van der Waals surface area contributed by atoms with Crippen molar-refractivity contribution in [3.05, 3.63) is 48.7 Å². The topological polar surface area (TPSA) is 96.0 Å². The van der Waals surface area contributed by atoms with E-state index in [-0.39, 0.29) is 38.2 Å². The van der Waals surface area contributed by atoms with E-state index in [1.807, 2.05) is 18.2 Å². The summed E-state index contributed by atoms with van der Waals surface area (Å²) in [6, 6.07) is 9.01. The number of nitrogens with zero attached hydrogens (tertiary/aromatic N) is 3. The number of methoxy groups -OCH3 is 1. The molecule has 0 unspecified atom stereocenters. The third kappa shape index (κ3) is 7.26. The Morgan fingerprint density at radius 3 is 2.43 bits per heavy atom. The molecule has 1 amide bonds. The van der Waals surface area contributed by atoms with Crippen molar-refractivity contribution < 1.29 is 27.8 Å². The van der Waals surface area contributed by atoms with Gasteiger partial charge in [0.05, 0.1) is 18.5 Å². The molecule has 3 aliphatic rings. The van der Waals surface area contributed by atoms with E-state index in [9.17, 15) is 18.4 Å². The number of carbonyl (C=O) groups excluding carboxylic acids is 2. The summed E-state index contributed by atoms with van der Waals surface area (Å²) in [5, 5.41) is 3.04. The maximum Gasteiger partial charge on any atom is 0.330 e. The first-order valence-corrected chi connectivity index (χ1v) is 15.2. The Hall–Kier alpha value is -3.54. The van der Waals surface area contributed by atoms with Gasteiger partial charge >= 0.3 is 5.97 Å². The number of pyridine rings is 1. The Morgan fingerprint density at radius 2 is 1.76 bits per heavy atom. The van der Waals surface area contributed by atoms with E-state index in [0.717, 1.165) is 43.4 Å². The number of benzene rings is 1. The van der Waals surface area contributed by atoms with Gasteiger partial charge in [-0.15, -0.1) is 0 Å². The number of aromatic nitrogens is 1. The van der Waals surface area contributed by atoms with E-state index in [1.54, 1.807) is 17.0 Å². The molecule has 2 N–H and O–H groups in total. The number of alkyl halides is 2. The van der Waals surface area contributed by atoms with Crippen LogP contribution in [-0.4, -0.2) is 68.4 Å². The minimum absolute atomic E-state index is 0.130. The first-order valence-electron chi connectivity index (χ1n) is 14.3. The molecule has 0 atom stereocenters. The van der Waals surface area contributed by atoms with Gasteiger partial charge in [0.25, 0.3) is 11.8 Å². The van der Waals surface area contributed by atoms with Gasteiger partial charge < -0.3 is 29.3 Å². The van der Waals surface area contributed by atoms with E-state index in [2.05, 4.69) is 26.5 Å². The zero-order valence-electron chi connectivity index (χ0n) is 23.8. The number of amides is 1. The smallest absolute Gasteiger partial charge is 0.330 e. The fourth-order valence-corrected chi connectivity index (χ4v) is 5.98. The second-order valence-corrected chi connectivity index (χ2v) is 12.0. The second kappa shape index (κ2) is 12.8. The van der Waals surface area contributed by atoms with Gasteiger partial charge in [-0.2, -0.15) is 0 Å². The monoisotopic (exact) mass is 601 g/mol. The molecule has 9 nitrogen and oxygen atoms in total. The highest BCUT2D eigenvalue weighted by atomic mass is 32.2. The lowest BCUT2D eigenvalue weighted by Crippen LogP contribution is -2.40. The number of rotatable bonds is 11. The minimum Gasteiger partial charge on any atom is -0.493 e. The van der Waals surface area contributed by atoms with Crippen LogP contribution in [0.1, 0.15) is 49.0 Å². The third-order valence-corrected chi connectivity index (χ3v) is 8.99. The molecule has 1 spiro atoms. The summed E-state index contributed by atoms with van der Waals surface area (Å²) >= 11 is 1.42. The van der Waals surface area contributed by atoms with Crippen LogP contribution in [0.25, 0.3) is 0 Å². The molecule has 3 heterocycles. The number of hydrogen-bond donors (Lipinski definition) is 2. The van der Waals surface area contributed by atoms with E-state index < -0.39 is 17.8 Å². The Kier molecular flexibility index (Phi) is 9.10. The van der Waals surface area contributed by atoms with Crippen LogP contribution in [0.3, 0.4) is 0 Å². The number of halogens is 2. The van der Waals surface area contributed by atoms with Gasteiger partial charge in [-0.1, -0.05) is 6.58 Å². The quantitative estimate of drug-likeness (QED) is 0.145. The summed E-state index contributed by atoms with van der Waals surface area (Å²) in [6.45, 7) is 5.72. The average molecular weight is 602 g/mol. The van der Waals surface area contributed by atoms with Crippen LogP contribution in [0, 0.1) is 5.41 Å². The molecular formula is C30H37F2N5O4S. The van der Waals surface area contributed by atoms with Gasteiger partial charge in [0.1, 0.15) is 12.3 Å². The highest BCUT2D eigenvalue weighted by molar-refractivity contribution is 8.00. The van der Waals surface area contributed by atoms with Crippen molar-refractivity contribution in [2.24, 2.45) is 5.41 Å². The van der Waals surface area contributed by atoms with Crippen LogP contribution in [0.2, 0.25) is 0 Å². The molecule has 226 valence electrons. The van der Waals surface area contributed by atoms with Crippen LogP contribution < -0.4 is 24.6 Å². The maximum atomic E-state index is 13.8. The van der Waals surface area contributed by atoms with Crippen LogP contribution in [0.4, 0.5) is 31.7 Å². The molecular weight excluding hydrogens is 564 g/mol. The maximum absolute atomic E-state index is 13.8. The summed E-state index contributed by atoms with van der Waals surface area (Å²) in [6.07, 6.45) is 5.43. The highest BCUT2D eigenvalue weighted by Gasteiger charge is 2.44. The SMILES string of the molecule is C=CC(=O)OCCSNc1ccc(NC(=O)c2ccc(OC)c(N3CCC(F)(F)CC3)n2)c(N2CCC3(CC2)CC3)c1. The van der Waals surface area contributed by atoms with Crippen LogP contribution in [-0.2, 0) is 9.53 Å². The molecule has 1 aromatic heterocycles. The summed E-state index contributed by atoms with van der Waals surface area (Å²) in [5.74, 6) is -2.15. The van der Waals surface area contributed by atoms with Crippen molar-refractivity contribution >= 4 is 46.7 Å². The molecule has 12 heteroatoms. The van der Waals surface area contributed by atoms with Gasteiger partial charge in [0.2, 0.25) is 0 Å². The number of nitrogens with one attached hydrogen (secondary N) is 2. The lowest BCUT2D eigenvalue weighted by molar-refractivity contribution is -0.137. The van der Waals surface area contributed by atoms with E-state index in [0.29, 0.717) is 28.4 Å². The van der Waals surface area contributed by atoms with Gasteiger partial charge in [0.15, 0.2) is 11.6 Å². The Labute approximate surface area is 249 Å². The van der Waals surface area contributed by atoms with E-state index in [1.165, 1.54) is 31.9 Å². The largest absolute Gasteiger partial charge is 0.493 e. The molecule has 1 aliphatic carbocycles. The summed E-state index contributed by atoms with van der Waals surface area (Å²) in [4.78, 5) is 33.3. The molecule has 3 fully saturated rings. The van der Waals surface area contributed by atoms with Crippen LogP contribution in [0.5, 0.6) is 5.75 Å². The Balaban J connectivity index is 1.31. The zero-order valence-corrected chi connectivity index (χ0v) is 24.6. The Morgan fingerprint density at radius 1 is 1.05 bits per heavy atom. The van der Waals surface area contributed by atoms with Crippen molar-refractivity contribution in [1.29, 1.82) is 0 Å². The molecule has 5 rings (SSSR count). The van der Waals surface area contributed by atoms with Crippen molar-refractivity contribution in [2.45, 2.75) is 44.4 Å². The third-order valence-electron chi connectivity index (χ3n) is 8.24. The van der Waals surface area contributed by atoms with Crippen molar-refractivity contribution in [3.63, 3.8) is 0 Å². The molecule has 1 saturated carbocycles. The molecule has 2 aromatic rings. The lowest BCUT2D eigenvalue weighted by atomic mass is 9.93. The second-order valence-electron chi connectivity index (χ2n) is 11.1. The number of esters is 1. The molecule has 2 aliphatic heterocycles. The fraction of sp³-hybridized carbons (Fsp3) is 0.500. The zero-order chi connectivity index (χ0) is 29.7. The van der Waals surface area contributed by atoms with Crippen LogP contribution in [0.15, 0.2) is 43.0 Å². The van der Waals surface area contributed by atoms with Gasteiger partial charge in [-0.25, -0.2) is 18.6 Å². The molecule has 0 bridgehead atoms. The van der Waals surface area contributed by atoms with E-state index in [4.69, 9.17) is 9.47 Å². The van der Waals surface area contributed by atoms with Crippen molar-refractivity contribution in [2.75, 3.05) is 65.5 Å². The predicted molar refractivity (Wildman–Crippen MR) is 162 cm³/mol. The normalized spacial score (nSPS) is 18.7. The van der Waals surface area contributed by atoms with Crippen molar-refractivity contribution in [1.82, 2.24) is 4.98 Å². The standard InChI is InChI=1S/C30H37F2N5O4S/c1-3-26(38)41-18-19-42-35-21-4-5-22(24(20-21)36-14-10-29(8-9-29)11-15-36)34-28(39)23-6-7-25(40-2)27(33-23)37-16-12-30(31,32)13-17-37/h3-7,20,35H,1,8-19H2,2H3,(H,34,39). The van der Waals surface area contributed by atoms with Gasteiger partial charge in [-0.05, 0) is 73.4 Å². The molecule has 0 radical (unpaired) electrons. The van der Waals surface area contributed by atoms with Gasteiger partial charge in [-0.3, -0.25) is 4.79 Å². The molecule has 2 saturated heterocycles. The fourth-order valence-electron chi connectivity index (χ4n) is 5.42. The number of hydrogen-bond acceptors (Lipinski definition) is 9. The Bertz CT molecular complexity index is 1300.